The normalized spacial score (nSPS) is 14.1. The summed E-state index contributed by atoms with van der Waals surface area (Å²) in [5, 5.41) is 0. The molecule has 0 aliphatic heterocycles. The summed E-state index contributed by atoms with van der Waals surface area (Å²) in [6.45, 7) is 6.72. The smallest absolute Gasteiger partial charge is 0.130 e. The van der Waals surface area contributed by atoms with Crippen LogP contribution in [0.5, 0.6) is 0 Å². The Labute approximate surface area is 162 Å². The first kappa shape index (κ1) is 17.9. The summed E-state index contributed by atoms with van der Waals surface area (Å²) in [7, 11) is 0. The first-order chi connectivity index (χ1) is 13.2. The van der Waals surface area contributed by atoms with Crippen molar-refractivity contribution in [2.45, 2.75) is 52.4 Å². The molecule has 0 N–H and O–H groups in total. The Morgan fingerprint density at radius 1 is 0.963 bits per heavy atom. The van der Waals surface area contributed by atoms with Crippen LogP contribution in [0.4, 0.5) is 0 Å². The standard InChI is InChI=1S/C26H28O/c1-4-7-23-14-15-26(27-23)22-16-21-8-6-9-24(25(21)17-22)20-12-10-19(11-13-20)18(3)5-2/h6,8-15,17-18H,4-5,7,16H2,1-3H3. The number of furan rings is 1. The van der Waals surface area contributed by atoms with Gasteiger partial charge in [0.25, 0.3) is 0 Å². The van der Waals surface area contributed by atoms with Crippen LogP contribution in [0.15, 0.2) is 59.0 Å². The van der Waals surface area contributed by atoms with Crippen molar-refractivity contribution in [2.24, 2.45) is 0 Å². The Morgan fingerprint density at radius 3 is 2.52 bits per heavy atom. The topological polar surface area (TPSA) is 13.1 Å². The molecule has 0 saturated heterocycles. The fourth-order valence-corrected chi connectivity index (χ4v) is 3.94. The number of fused-ring (bicyclic) bond motifs is 1. The van der Waals surface area contributed by atoms with E-state index in [0.717, 1.165) is 30.8 Å². The average Bonchev–Trinajstić information content (AvgIpc) is 3.34. The summed E-state index contributed by atoms with van der Waals surface area (Å²) in [5.74, 6) is 2.72. The summed E-state index contributed by atoms with van der Waals surface area (Å²) < 4.78 is 6.07. The second kappa shape index (κ2) is 7.60. The number of benzene rings is 2. The molecule has 2 aromatic carbocycles. The van der Waals surface area contributed by atoms with E-state index in [1.54, 1.807) is 0 Å². The number of aryl methyl sites for hydroxylation is 1. The molecule has 0 bridgehead atoms. The first-order valence-electron chi connectivity index (χ1n) is 10.2. The van der Waals surface area contributed by atoms with Crippen LogP contribution in [0.2, 0.25) is 0 Å². The minimum Gasteiger partial charge on any atom is -0.461 e. The van der Waals surface area contributed by atoms with E-state index in [-0.39, 0.29) is 0 Å². The largest absolute Gasteiger partial charge is 0.461 e. The number of allylic oxidation sites excluding steroid dienone is 1. The summed E-state index contributed by atoms with van der Waals surface area (Å²) in [4.78, 5) is 0. The molecular weight excluding hydrogens is 328 g/mol. The molecular formula is C26H28O. The van der Waals surface area contributed by atoms with Crippen LogP contribution >= 0.6 is 0 Å². The van der Waals surface area contributed by atoms with Crippen molar-refractivity contribution in [3.05, 3.63) is 82.8 Å². The predicted octanol–water partition coefficient (Wildman–Crippen LogP) is 7.51. The van der Waals surface area contributed by atoms with Gasteiger partial charge in [0.05, 0.1) is 0 Å². The quantitative estimate of drug-likeness (QED) is 0.445. The van der Waals surface area contributed by atoms with Crippen molar-refractivity contribution in [2.75, 3.05) is 0 Å². The molecule has 4 rings (SSSR count). The average molecular weight is 357 g/mol. The van der Waals surface area contributed by atoms with E-state index in [2.05, 4.69) is 81.4 Å². The molecule has 1 heteroatoms. The zero-order valence-electron chi connectivity index (χ0n) is 16.6. The SMILES string of the molecule is CCCc1ccc(C2=Cc3c(cccc3-c3ccc(C(C)CC)cc3)C2)o1. The van der Waals surface area contributed by atoms with Crippen LogP contribution in [0, 0.1) is 0 Å². The third-order valence-corrected chi connectivity index (χ3v) is 5.77. The number of rotatable bonds is 6. The van der Waals surface area contributed by atoms with Gasteiger partial charge >= 0.3 is 0 Å². The lowest BCUT2D eigenvalue weighted by atomic mass is 9.93. The lowest BCUT2D eigenvalue weighted by Crippen LogP contribution is -1.92. The maximum Gasteiger partial charge on any atom is 0.130 e. The third-order valence-electron chi connectivity index (χ3n) is 5.77. The molecule has 1 atom stereocenters. The molecule has 0 amide bonds. The van der Waals surface area contributed by atoms with E-state index in [4.69, 9.17) is 4.42 Å². The molecule has 1 nitrogen and oxygen atoms in total. The van der Waals surface area contributed by atoms with Gasteiger partial charge in [-0.15, -0.1) is 0 Å². The van der Waals surface area contributed by atoms with Gasteiger partial charge in [-0.1, -0.05) is 63.2 Å². The zero-order chi connectivity index (χ0) is 18.8. The highest BCUT2D eigenvalue weighted by molar-refractivity contribution is 5.92. The molecule has 1 aliphatic carbocycles. The summed E-state index contributed by atoms with van der Waals surface area (Å²) in [6, 6.07) is 20.0. The van der Waals surface area contributed by atoms with Crippen molar-refractivity contribution in [1.82, 2.24) is 0 Å². The first-order valence-corrected chi connectivity index (χ1v) is 10.2. The van der Waals surface area contributed by atoms with Crippen LogP contribution in [-0.2, 0) is 12.8 Å². The van der Waals surface area contributed by atoms with Gasteiger partial charge in [0.2, 0.25) is 0 Å². The Balaban J connectivity index is 1.66. The van der Waals surface area contributed by atoms with E-state index in [9.17, 15) is 0 Å². The van der Waals surface area contributed by atoms with Crippen LogP contribution < -0.4 is 0 Å². The number of hydrogen-bond donors (Lipinski definition) is 0. The monoisotopic (exact) mass is 356 g/mol. The molecule has 0 saturated carbocycles. The van der Waals surface area contributed by atoms with Crippen molar-refractivity contribution >= 4 is 11.6 Å². The van der Waals surface area contributed by atoms with Crippen LogP contribution in [0.1, 0.15) is 67.7 Å². The fraction of sp³-hybridized carbons (Fsp3) is 0.308. The molecule has 1 aromatic heterocycles. The minimum absolute atomic E-state index is 0.614. The maximum absolute atomic E-state index is 6.07. The van der Waals surface area contributed by atoms with Gasteiger partial charge in [-0.2, -0.15) is 0 Å². The van der Waals surface area contributed by atoms with Crippen molar-refractivity contribution in [3.8, 4) is 11.1 Å². The van der Waals surface area contributed by atoms with E-state index in [1.165, 1.54) is 39.8 Å². The predicted molar refractivity (Wildman–Crippen MR) is 115 cm³/mol. The second-order valence-electron chi connectivity index (χ2n) is 7.67. The van der Waals surface area contributed by atoms with Gasteiger partial charge in [0, 0.05) is 12.8 Å². The molecule has 0 spiro atoms. The molecule has 27 heavy (non-hydrogen) atoms. The second-order valence-corrected chi connectivity index (χ2v) is 7.67. The highest BCUT2D eigenvalue weighted by Gasteiger charge is 2.19. The van der Waals surface area contributed by atoms with Gasteiger partial charge in [-0.05, 0) is 70.4 Å². The van der Waals surface area contributed by atoms with E-state index in [0.29, 0.717) is 5.92 Å². The molecule has 0 fully saturated rings. The fourth-order valence-electron chi connectivity index (χ4n) is 3.94. The van der Waals surface area contributed by atoms with E-state index < -0.39 is 0 Å². The molecule has 0 radical (unpaired) electrons. The maximum atomic E-state index is 6.07. The minimum atomic E-state index is 0.614. The molecule has 138 valence electrons. The van der Waals surface area contributed by atoms with Gasteiger partial charge in [0.1, 0.15) is 11.5 Å². The van der Waals surface area contributed by atoms with Crippen LogP contribution in [0.3, 0.4) is 0 Å². The molecule has 1 aliphatic rings. The molecule has 1 unspecified atom stereocenters. The Bertz CT molecular complexity index is 956. The van der Waals surface area contributed by atoms with Crippen LogP contribution in [-0.4, -0.2) is 0 Å². The molecule has 1 heterocycles. The van der Waals surface area contributed by atoms with Crippen molar-refractivity contribution in [1.29, 1.82) is 0 Å². The lowest BCUT2D eigenvalue weighted by Gasteiger charge is -2.11. The van der Waals surface area contributed by atoms with Crippen molar-refractivity contribution in [3.63, 3.8) is 0 Å². The van der Waals surface area contributed by atoms with Crippen LogP contribution in [0.25, 0.3) is 22.8 Å². The Hall–Kier alpha value is -2.54. The zero-order valence-corrected chi connectivity index (χ0v) is 16.6. The van der Waals surface area contributed by atoms with Gasteiger partial charge < -0.3 is 4.42 Å². The highest BCUT2D eigenvalue weighted by Crippen LogP contribution is 2.38. The summed E-state index contributed by atoms with van der Waals surface area (Å²) >= 11 is 0. The Kier molecular flexibility index (Phi) is 5.03. The van der Waals surface area contributed by atoms with E-state index in [1.807, 2.05) is 0 Å². The number of hydrogen-bond acceptors (Lipinski definition) is 1. The highest BCUT2D eigenvalue weighted by atomic mass is 16.3. The lowest BCUT2D eigenvalue weighted by molar-refractivity contribution is 0.495. The third kappa shape index (κ3) is 3.51. The Morgan fingerprint density at radius 2 is 1.78 bits per heavy atom. The summed E-state index contributed by atoms with van der Waals surface area (Å²) in [5.41, 5.74) is 8.06. The summed E-state index contributed by atoms with van der Waals surface area (Å²) in [6.07, 6.45) is 6.57. The molecule has 3 aromatic rings. The van der Waals surface area contributed by atoms with Gasteiger partial charge in [-0.25, -0.2) is 0 Å². The van der Waals surface area contributed by atoms with Gasteiger partial charge in [0.15, 0.2) is 0 Å². The van der Waals surface area contributed by atoms with Crippen molar-refractivity contribution < 1.29 is 4.42 Å². The van der Waals surface area contributed by atoms with E-state index >= 15 is 0 Å². The van der Waals surface area contributed by atoms with Gasteiger partial charge in [-0.3, -0.25) is 0 Å².